The lowest BCUT2D eigenvalue weighted by Crippen LogP contribution is -2.38. The van der Waals surface area contributed by atoms with Gasteiger partial charge in [-0.2, -0.15) is 0 Å². The number of aromatic nitrogens is 4. The van der Waals surface area contributed by atoms with Gasteiger partial charge in [-0.05, 0) is 22.9 Å². The average molecular weight is 336 g/mol. The zero-order valence-corrected chi connectivity index (χ0v) is 12.9. The molecule has 0 aliphatic carbocycles. The molecule has 0 bridgehead atoms. The molecule has 0 aromatic carbocycles. The Morgan fingerprint density at radius 2 is 2.00 bits per heavy atom. The van der Waals surface area contributed by atoms with E-state index in [0.29, 0.717) is 12.5 Å². The van der Waals surface area contributed by atoms with E-state index < -0.39 is 0 Å². The monoisotopic (exact) mass is 335 g/mol. The predicted molar refractivity (Wildman–Crippen MR) is 78.7 cm³/mol. The molecule has 6 nitrogen and oxygen atoms in total. The zero-order valence-electron chi connectivity index (χ0n) is 11.3. The topological polar surface area (TPSA) is 63.9 Å². The molecule has 0 atom stereocenters. The molecule has 0 radical (unpaired) electrons. The van der Waals surface area contributed by atoms with Crippen molar-refractivity contribution in [3.63, 3.8) is 0 Å². The first-order valence-corrected chi connectivity index (χ1v) is 7.13. The molecule has 104 valence electrons. The number of rotatable bonds is 1. The molecule has 1 aliphatic rings. The van der Waals surface area contributed by atoms with Crippen LogP contribution >= 0.6 is 15.9 Å². The minimum atomic E-state index is 0.0225. The summed E-state index contributed by atoms with van der Waals surface area (Å²) < 4.78 is 2.43. The number of nitrogens with zero attached hydrogens (tertiary/aromatic N) is 5. The van der Waals surface area contributed by atoms with Gasteiger partial charge in [0.2, 0.25) is 5.95 Å². The van der Waals surface area contributed by atoms with Crippen molar-refractivity contribution in [2.45, 2.75) is 19.9 Å². The van der Waals surface area contributed by atoms with Crippen molar-refractivity contribution in [3.05, 3.63) is 44.3 Å². The second-order valence-corrected chi connectivity index (χ2v) is 5.74. The third-order valence-corrected chi connectivity index (χ3v) is 3.96. The highest BCUT2D eigenvalue weighted by molar-refractivity contribution is 9.10. The van der Waals surface area contributed by atoms with Crippen LogP contribution in [0.15, 0.2) is 21.7 Å². The maximum absolute atomic E-state index is 12.3. The van der Waals surface area contributed by atoms with Crippen LogP contribution in [0.3, 0.4) is 0 Å². The highest BCUT2D eigenvalue weighted by Gasteiger charge is 2.23. The Balaban J connectivity index is 1.98. The van der Waals surface area contributed by atoms with Crippen molar-refractivity contribution in [1.82, 2.24) is 19.5 Å². The number of halogens is 1. The fraction of sp³-hybridized carbons (Fsp3) is 0.385. The Morgan fingerprint density at radius 1 is 1.30 bits per heavy atom. The fourth-order valence-corrected chi connectivity index (χ4v) is 2.53. The summed E-state index contributed by atoms with van der Waals surface area (Å²) in [5, 5.41) is 0. The molecule has 20 heavy (non-hydrogen) atoms. The Kier molecular flexibility index (Phi) is 3.29. The minimum Gasteiger partial charge on any atom is -0.336 e. The van der Waals surface area contributed by atoms with Gasteiger partial charge in [0.1, 0.15) is 5.82 Å². The van der Waals surface area contributed by atoms with Gasteiger partial charge in [0.05, 0.1) is 22.3 Å². The van der Waals surface area contributed by atoms with Crippen molar-refractivity contribution in [1.29, 1.82) is 0 Å². The number of hydrogen-bond acceptors (Lipinski definition) is 5. The molecule has 0 saturated heterocycles. The minimum absolute atomic E-state index is 0.0225. The van der Waals surface area contributed by atoms with E-state index in [4.69, 9.17) is 0 Å². The summed E-state index contributed by atoms with van der Waals surface area (Å²) in [7, 11) is 1.75. The average Bonchev–Trinajstić information content (AvgIpc) is 2.46. The molecule has 0 saturated carbocycles. The molecule has 1 aliphatic heterocycles. The molecule has 2 aromatic heterocycles. The maximum atomic E-state index is 12.3. The molecule has 0 spiro atoms. The Labute approximate surface area is 124 Å². The smallest absolute Gasteiger partial charge is 0.258 e. The van der Waals surface area contributed by atoms with Crippen molar-refractivity contribution in [2.24, 2.45) is 7.05 Å². The van der Waals surface area contributed by atoms with Crippen molar-refractivity contribution in [3.8, 4) is 0 Å². The Morgan fingerprint density at radius 3 is 2.70 bits per heavy atom. The van der Waals surface area contributed by atoms with Gasteiger partial charge in [0, 0.05) is 32.4 Å². The zero-order chi connectivity index (χ0) is 14.3. The standard InChI is InChI=1S/C13H14BrN5O/c1-8-17-11-3-4-19(7-10(11)12(20)18(8)2)13-15-5-9(14)6-16-13/h5-6H,3-4,7H2,1-2H3. The highest BCUT2D eigenvalue weighted by Crippen LogP contribution is 2.19. The molecule has 0 unspecified atom stereocenters. The van der Waals surface area contributed by atoms with Crippen LogP contribution in [-0.4, -0.2) is 26.1 Å². The van der Waals surface area contributed by atoms with Crippen LogP contribution in [0.1, 0.15) is 17.1 Å². The Bertz CT molecular complexity index is 710. The van der Waals surface area contributed by atoms with Gasteiger partial charge in [-0.15, -0.1) is 0 Å². The van der Waals surface area contributed by atoms with E-state index in [0.717, 1.165) is 34.5 Å². The first-order chi connectivity index (χ1) is 9.56. The molecule has 3 rings (SSSR count). The van der Waals surface area contributed by atoms with Crippen LogP contribution in [0.4, 0.5) is 5.95 Å². The normalized spacial score (nSPS) is 14.2. The van der Waals surface area contributed by atoms with E-state index in [1.807, 2.05) is 11.8 Å². The molecular weight excluding hydrogens is 322 g/mol. The lowest BCUT2D eigenvalue weighted by molar-refractivity contribution is 0.644. The second-order valence-electron chi connectivity index (χ2n) is 4.82. The number of fused-ring (bicyclic) bond motifs is 1. The SMILES string of the molecule is Cc1nc2c(c(=O)n1C)CN(c1ncc(Br)cn1)CC2. The van der Waals surface area contributed by atoms with Crippen molar-refractivity contribution < 1.29 is 0 Å². The fourth-order valence-electron chi connectivity index (χ4n) is 2.33. The first kappa shape index (κ1) is 13.2. The van der Waals surface area contributed by atoms with Crippen LogP contribution in [0.2, 0.25) is 0 Å². The van der Waals surface area contributed by atoms with Crippen molar-refractivity contribution >= 4 is 21.9 Å². The van der Waals surface area contributed by atoms with E-state index in [9.17, 15) is 4.79 Å². The lowest BCUT2D eigenvalue weighted by atomic mass is 10.1. The molecular formula is C13H14BrN5O. The summed E-state index contributed by atoms with van der Waals surface area (Å²) in [6.45, 7) is 3.14. The Hall–Kier alpha value is -1.76. The van der Waals surface area contributed by atoms with Gasteiger partial charge in [0.15, 0.2) is 0 Å². The lowest BCUT2D eigenvalue weighted by Gasteiger charge is -2.28. The van der Waals surface area contributed by atoms with Crippen LogP contribution < -0.4 is 10.5 Å². The predicted octanol–water partition coefficient (Wildman–Crippen LogP) is 1.20. The van der Waals surface area contributed by atoms with Crippen LogP contribution in [0, 0.1) is 6.92 Å². The second kappa shape index (κ2) is 4.97. The highest BCUT2D eigenvalue weighted by atomic mass is 79.9. The molecule has 0 N–H and O–H groups in total. The van der Waals surface area contributed by atoms with Gasteiger partial charge >= 0.3 is 0 Å². The summed E-state index contributed by atoms with van der Waals surface area (Å²) in [4.78, 5) is 27.4. The van der Waals surface area contributed by atoms with Gasteiger partial charge in [-0.1, -0.05) is 0 Å². The van der Waals surface area contributed by atoms with Gasteiger partial charge in [-0.25, -0.2) is 15.0 Å². The van der Waals surface area contributed by atoms with Crippen LogP contribution in [0.5, 0.6) is 0 Å². The van der Waals surface area contributed by atoms with Crippen LogP contribution in [-0.2, 0) is 20.0 Å². The van der Waals surface area contributed by atoms with Crippen LogP contribution in [0.25, 0.3) is 0 Å². The molecule has 0 fully saturated rings. The van der Waals surface area contributed by atoms with E-state index in [2.05, 4.69) is 30.9 Å². The van der Waals surface area contributed by atoms with Crippen molar-refractivity contribution in [2.75, 3.05) is 11.4 Å². The van der Waals surface area contributed by atoms with E-state index in [-0.39, 0.29) is 5.56 Å². The van der Waals surface area contributed by atoms with E-state index in [1.165, 1.54) is 0 Å². The largest absolute Gasteiger partial charge is 0.336 e. The van der Waals surface area contributed by atoms with Gasteiger partial charge in [0.25, 0.3) is 5.56 Å². The molecule has 2 aromatic rings. The molecule has 7 heteroatoms. The first-order valence-electron chi connectivity index (χ1n) is 6.34. The number of aryl methyl sites for hydroxylation is 1. The third-order valence-electron chi connectivity index (χ3n) is 3.55. The van der Waals surface area contributed by atoms with Gasteiger partial charge in [-0.3, -0.25) is 9.36 Å². The maximum Gasteiger partial charge on any atom is 0.258 e. The number of anilines is 1. The number of hydrogen-bond donors (Lipinski definition) is 0. The summed E-state index contributed by atoms with van der Waals surface area (Å²) >= 11 is 3.32. The molecule has 0 amide bonds. The summed E-state index contributed by atoms with van der Waals surface area (Å²) in [5.74, 6) is 1.39. The quantitative estimate of drug-likeness (QED) is 0.783. The summed E-state index contributed by atoms with van der Waals surface area (Å²) in [6, 6.07) is 0. The van der Waals surface area contributed by atoms with E-state index >= 15 is 0 Å². The third kappa shape index (κ3) is 2.22. The van der Waals surface area contributed by atoms with E-state index in [1.54, 1.807) is 24.0 Å². The van der Waals surface area contributed by atoms with Gasteiger partial charge < -0.3 is 4.90 Å². The summed E-state index contributed by atoms with van der Waals surface area (Å²) in [6.07, 6.45) is 4.17. The summed E-state index contributed by atoms with van der Waals surface area (Å²) in [5.41, 5.74) is 1.67. The molecule has 3 heterocycles.